The number of piperazine rings is 1. The van der Waals surface area contributed by atoms with E-state index in [1.807, 2.05) is 25.8 Å². The molecule has 0 aliphatic carbocycles. The van der Waals surface area contributed by atoms with E-state index in [1.165, 1.54) is 0 Å². The monoisotopic (exact) mass is 226 g/mol. The maximum Gasteiger partial charge on any atom is 0.390 e. The molecule has 0 aromatic carbocycles. The number of likely N-dealkylation sites (N-methyl/N-ethyl adjacent to an activating group) is 1. The van der Waals surface area contributed by atoms with Crippen LogP contribution >= 0.6 is 0 Å². The first-order chi connectivity index (χ1) is 6.97. The van der Waals surface area contributed by atoms with Crippen molar-refractivity contribution in [2.24, 2.45) is 0 Å². The van der Waals surface area contributed by atoms with Crippen molar-refractivity contribution < 1.29 is 13.2 Å². The normalized spacial score (nSPS) is 19.6. The van der Waals surface area contributed by atoms with Gasteiger partial charge < -0.3 is 9.80 Å². The van der Waals surface area contributed by atoms with Crippen molar-refractivity contribution >= 4 is 0 Å². The van der Waals surface area contributed by atoms with Crippen LogP contribution in [0, 0.1) is 0 Å². The summed E-state index contributed by atoms with van der Waals surface area (Å²) in [6.07, 6.45) is -4.69. The summed E-state index contributed by atoms with van der Waals surface area (Å²) in [6, 6.07) is 0. The Morgan fingerprint density at radius 2 is 1.47 bits per heavy atom. The molecule has 0 radical (unpaired) electrons. The van der Waals surface area contributed by atoms with Crippen LogP contribution in [0.4, 0.5) is 13.2 Å². The first kappa shape index (κ1) is 14.7. The van der Waals surface area contributed by atoms with Gasteiger partial charge in [-0.1, -0.05) is 13.8 Å². The van der Waals surface area contributed by atoms with Crippen LogP contribution in [0.3, 0.4) is 0 Å². The zero-order valence-electron chi connectivity index (χ0n) is 9.77. The minimum absolute atomic E-state index is 0.150. The summed E-state index contributed by atoms with van der Waals surface area (Å²) in [5.41, 5.74) is 0. The molecule has 0 atom stereocenters. The molecule has 0 unspecified atom stereocenters. The molecule has 0 bridgehead atoms. The Bertz CT molecular complexity index is 151. The third kappa shape index (κ3) is 7.62. The minimum atomic E-state index is -4.01. The molecule has 0 amide bonds. The highest BCUT2D eigenvalue weighted by molar-refractivity contribution is 4.70. The van der Waals surface area contributed by atoms with Gasteiger partial charge in [-0.05, 0) is 7.05 Å². The summed E-state index contributed by atoms with van der Waals surface area (Å²) in [4.78, 5) is 4.00. The van der Waals surface area contributed by atoms with Gasteiger partial charge in [0, 0.05) is 32.7 Å². The Balaban J connectivity index is 0.000000921. The average molecular weight is 226 g/mol. The Kier molecular flexibility index (Phi) is 6.92. The van der Waals surface area contributed by atoms with E-state index in [0.717, 1.165) is 26.2 Å². The predicted molar refractivity (Wildman–Crippen MR) is 56.0 cm³/mol. The average Bonchev–Trinajstić information content (AvgIpc) is 2.19. The molecule has 0 aromatic heterocycles. The van der Waals surface area contributed by atoms with E-state index in [4.69, 9.17) is 0 Å². The van der Waals surface area contributed by atoms with Gasteiger partial charge in [0.2, 0.25) is 0 Å². The maximum absolute atomic E-state index is 11.9. The van der Waals surface area contributed by atoms with Crippen molar-refractivity contribution in [1.82, 2.24) is 9.80 Å². The van der Waals surface area contributed by atoms with E-state index in [2.05, 4.69) is 4.90 Å². The molecule has 1 heterocycles. The molecule has 1 aliphatic heterocycles. The van der Waals surface area contributed by atoms with Crippen molar-refractivity contribution in [2.45, 2.75) is 26.4 Å². The second-order valence-corrected chi connectivity index (χ2v) is 3.51. The summed E-state index contributed by atoms with van der Waals surface area (Å²) in [5, 5.41) is 0. The highest BCUT2D eigenvalue weighted by Crippen LogP contribution is 2.19. The van der Waals surface area contributed by atoms with E-state index in [-0.39, 0.29) is 6.54 Å². The van der Waals surface area contributed by atoms with Gasteiger partial charge in [0.1, 0.15) is 0 Å². The Labute approximate surface area is 90.0 Å². The van der Waals surface area contributed by atoms with E-state index < -0.39 is 12.6 Å². The molecule has 0 saturated carbocycles. The molecule has 1 rings (SSSR count). The van der Waals surface area contributed by atoms with Crippen LogP contribution in [0.15, 0.2) is 0 Å². The second kappa shape index (κ2) is 7.06. The van der Waals surface area contributed by atoms with Gasteiger partial charge in [0.15, 0.2) is 0 Å². The van der Waals surface area contributed by atoms with Crippen molar-refractivity contribution in [1.29, 1.82) is 0 Å². The summed E-state index contributed by atoms with van der Waals surface area (Å²) in [5.74, 6) is 0. The molecule has 2 nitrogen and oxygen atoms in total. The topological polar surface area (TPSA) is 6.48 Å². The van der Waals surface area contributed by atoms with Crippen LogP contribution in [0.5, 0.6) is 0 Å². The molecule has 1 fully saturated rings. The first-order valence-electron chi connectivity index (χ1n) is 5.45. The first-order valence-corrected chi connectivity index (χ1v) is 5.45. The van der Waals surface area contributed by atoms with E-state index in [1.54, 1.807) is 0 Å². The van der Waals surface area contributed by atoms with Crippen LogP contribution in [-0.4, -0.2) is 55.7 Å². The molecule has 1 saturated heterocycles. The number of rotatable bonds is 2. The van der Waals surface area contributed by atoms with E-state index in [9.17, 15) is 13.2 Å². The lowest BCUT2D eigenvalue weighted by atomic mass is 10.3. The fraction of sp³-hybridized carbons (Fsp3) is 1.00. The van der Waals surface area contributed by atoms with Crippen LogP contribution in [0.1, 0.15) is 20.3 Å². The van der Waals surface area contributed by atoms with Gasteiger partial charge in [-0.3, -0.25) is 0 Å². The van der Waals surface area contributed by atoms with E-state index >= 15 is 0 Å². The van der Waals surface area contributed by atoms with Crippen LogP contribution < -0.4 is 0 Å². The van der Waals surface area contributed by atoms with Crippen molar-refractivity contribution in [3.63, 3.8) is 0 Å². The van der Waals surface area contributed by atoms with Gasteiger partial charge >= 0.3 is 6.18 Å². The van der Waals surface area contributed by atoms with Crippen LogP contribution in [-0.2, 0) is 0 Å². The minimum Gasteiger partial charge on any atom is -0.304 e. The third-order valence-corrected chi connectivity index (χ3v) is 2.31. The third-order valence-electron chi connectivity index (χ3n) is 2.31. The molecular weight excluding hydrogens is 205 g/mol. The zero-order chi connectivity index (χ0) is 11.9. The SMILES string of the molecule is CC.CN1CCN(CCC(F)(F)F)CC1. The van der Waals surface area contributed by atoms with Gasteiger partial charge in [-0.2, -0.15) is 13.2 Å². The fourth-order valence-corrected chi connectivity index (χ4v) is 1.36. The maximum atomic E-state index is 11.9. The number of hydrogen-bond acceptors (Lipinski definition) is 2. The summed E-state index contributed by atoms with van der Waals surface area (Å²) in [6.45, 7) is 7.41. The molecule has 92 valence electrons. The Morgan fingerprint density at radius 3 is 1.87 bits per heavy atom. The standard InChI is InChI=1S/C8H15F3N2.C2H6/c1-12-4-6-13(7-5-12)3-2-8(9,10)11;1-2/h2-7H2,1H3;1-2H3. The quantitative estimate of drug-likeness (QED) is 0.712. The smallest absolute Gasteiger partial charge is 0.304 e. The predicted octanol–water partition coefficient (Wildman–Crippen LogP) is 2.21. The molecule has 15 heavy (non-hydrogen) atoms. The second-order valence-electron chi connectivity index (χ2n) is 3.51. The number of alkyl halides is 3. The van der Waals surface area contributed by atoms with Crippen molar-refractivity contribution in [3.8, 4) is 0 Å². The Morgan fingerprint density at radius 1 is 1.00 bits per heavy atom. The summed E-state index contributed by atoms with van der Waals surface area (Å²) < 4.78 is 35.6. The van der Waals surface area contributed by atoms with Crippen molar-refractivity contribution in [3.05, 3.63) is 0 Å². The molecule has 5 heteroatoms. The fourth-order valence-electron chi connectivity index (χ4n) is 1.36. The lowest BCUT2D eigenvalue weighted by molar-refractivity contribution is -0.138. The zero-order valence-corrected chi connectivity index (χ0v) is 9.77. The highest BCUT2D eigenvalue weighted by Gasteiger charge is 2.28. The van der Waals surface area contributed by atoms with Crippen LogP contribution in [0.25, 0.3) is 0 Å². The summed E-state index contributed by atoms with van der Waals surface area (Å²) in [7, 11) is 1.99. The highest BCUT2D eigenvalue weighted by atomic mass is 19.4. The number of hydrogen-bond donors (Lipinski definition) is 0. The van der Waals surface area contributed by atoms with Crippen LogP contribution in [0.2, 0.25) is 0 Å². The van der Waals surface area contributed by atoms with Gasteiger partial charge in [0.25, 0.3) is 0 Å². The molecule has 0 spiro atoms. The largest absolute Gasteiger partial charge is 0.390 e. The molecular formula is C10H21F3N2. The van der Waals surface area contributed by atoms with Gasteiger partial charge in [0.05, 0.1) is 6.42 Å². The number of nitrogens with zero attached hydrogens (tertiary/aromatic N) is 2. The molecule has 0 N–H and O–H groups in total. The van der Waals surface area contributed by atoms with Gasteiger partial charge in [-0.25, -0.2) is 0 Å². The lowest BCUT2D eigenvalue weighted by Crippen LogP contribution is -2.45. The molecule has 0 aromatic rings. The number of halogens is 3. The Hall–Kier alpha value is -0.290. The summed E-state index contributed by atoms with van der Waals surface area (Å²) >= 11 is 0. The lowest BCUT2D eigenvalue weighted by Gasteiger charge is -2.32. The van der Waals surface area contributed by atoms with Gasteiger partial charge in [-0.15, -0.1) is 0 Å². The molecule has 1 aliphatic rings. The van der Waals surface area contributed by atoms with E-state index in [0.29, 0.717) is 0 Å². The van der Waals surface area contributed by atoms with Crippen molar-refractivity contribution in [2.75, 3.05) is 39.8 Å².